The minimum absolute atomic E-state index is 0.0626. The lowest BCUT2D eigenvalue weighted by atomic mass is 9.83. The molecule has 1 saturated heterocycles. The van der Waals surface area contributed by atoms with Crippen molar-refractivity contribution in [3.05, 3.63) is 36.0 Å². The number of aromatic carboxylic acids is 1. The van der Waals surface area contributed by atoms with Gasteiger partial charge in [-0.05, 0) is 50.3 Å². The highest BCUT2D eigenvalue weighted by atomic mass is 16.5. The minimum Gasteiger partial charge on any atom is -0.493 e. The molecule has 1 aliphatic carbocycles. The van der Waals surface area contributed by atoms with Crippen LogP contribution in [0.4, 0.5) is 17.5 Å². The number of carbonyl (C=O) groups is 2. The van der Waals surface area contributed by atoms with Gasteiger partial charge < -0.3 is 15.2 Å². The van der Waals surface area contributed by atoms with Crippen molar-refractivity contribution < 1.29 is 19.4 Å². The van der Waals surface area contributed by atoms with Crippen molar-refractivity contribution in [3.8, 4) is 11.8 Å². The Kier molecular flexibility index (Phi) is 4.99. The summed E-state index contributed by atoms with van der Waals surface area (Å²) in [7, 11) is 0. The second-order valence-electron chi connectivity index (χ2n) is 7.38. The predicted molar refractivity (Wildman–Crippen MR) is 108 cm³/mol. The van der Waals surface area contributed by atoms with Crippen molar-refractivity contribution in [1.29, 1.82) is 5.26 Å². The molecule has 0 radical (unpaired) electrons. The Balaban J connectivity index is 1.56. The van der Waals surface area contributed by atoms with Gasteiger partial charge in [0.25, 0.3) is 0 Å². The van der Waals surface area contributed by atoms with E-state index in [0.29, 0.717) is 31.1 Å². The average Bonchev–Trinajstić information content (AvgIpc) is 3.52. The first kappa shape index (κ1) is 19.6. The molecule has 9 nitrogen and oxygen atoms in total. The zero-order chi connectivity index (χ0) is 21.3. The van der Waals surface area contributed by atoms with Crippen LogP contribution in [0.15, 0.2) is 30.5 Å². The van der Waals surface area contributed by atoms with Crippen LogP contribution in [0, 0.1) is 22.7 Å². The van der Waals surface area contributed by atoms with Crippen LogP contribution < -0.4 is 15.0 Å². The molecule has 1 aliphatic heterocycles. The maximum Gasteiger partial charge on any atom is 0.339 e. The summed E-state index contributed by atoms with van der Waals surface area (Å²) < 4.78 is 5.41. The molecule has 0 spiro atoms. The molecule has 1 aromatic heterocycles. The van der Waals surface area contributed by atoms with Gasteiger partial charge in [-0.1, -0.05) is 0 Å². The van der Waals surface area contributed by atoms with Crippen LogP contribution >= 0.6 is 0 Å². The van der Waals surface area contributed by atoms with Crippen molar-refractivity contribution in [2.24, 2.45) is 11.3 Å². The van der Waals surface area contributed by atoms with Crippen molar-refractivity contribution in [2.75, 3.05) is 23.4 Å². The number of anilines is 3. The fraction of sp³-hybridized carbons (Fsp3) is 0.381. The Labute approximate surface area is 173 Å². The predicted octanol–water partition coefficient (Wildman–Crippen LogP) is 2.97. The van der Waals surface area contributed by atoms with Gasteiger partial charge in [-0.15, -0.1) is 0 Å². The van der Waals surface area contributed by atoms with E-state index in [1.807, 2.05) is 0 Å². The maximum absolute atomic E-state index is 13.0. The highest BCUT2D eigenvalue weighted by Gasteiger charge is 2.57. The second kappa shape index (κ2) is 7.63. The molecule has 2 heterocycles. The maximum atomic E-state index is 13.0. The van der Waals surface area contributed by atoms with E-state index in [2.05, 4.69) is 21.4 Å². The number of amides is 1. The number of nitrogens with one attached hydrogen (secondary N) is 1. The van der Waals surface area contributed by atoms with E-state index in [1.165, 1.54) is 12.3 Å². The van der Waals surface area contributed by atoms with Gasteiger partial charge in [-0.25, -0.2) is 9.78 Å². The molecule has 2 aliphatic rings. The number of hydrogen-bond acceptors (Lipinski definition) is 7. The van der Waals surface area contributed by atoms with E-state index in [9.17, 15) is 20.0 Å². The van der Waals surface area contributed by atoms with Crippen molar-refractivity contribution in [1.82, 2.24) is 9.97 Å². The molecule has 154 valence electrons. The number of carboxylic acid groups (broad SMARTS) is 1. The monoisotopic (exact) mass is 407 g/mol. The molecule has 1 amide bonds. The minimum atomic E-state index is -1.08. The number of nitrogens with zero attached hydrogens (tertiary/aromatic N) is 4. The summed E-state index contributed by atoms with van der Waals surface area (Å²) in [6, 6.07) is 8.51. The number of benzene rings is 1. The van der Waals surface area contributed by atoms with Gasteiger partial charge in [0.05, 0.1) is 12.7 Å². The summed E-state index contributed by atoms with van der Waals surface area (Å²) in [5.41, 5.74) is -0.317. The summed E-state index contributed by atoms with van der Waals surface area (Å²) in [4.78, 5) is 34.5. The molecular weight excluding hydrogens is 386 g/mol. The van der Waals surface area contributed by atoms with Crippen molar-refractivity contribution >= 4 is 29.3 Å². The lowest BCUT2D eigenvalue weighted by Gasteiger charge is -2.20. The third kappa shape index (κ3) is 3.41. The van der Waals surface area contributed by atoms with Gasteiger partial charge in [0.1, 0.15) is 22.5 Å². The summed E-state index contributed by atoms with van der Waals surface area (Å²) in [6.07, 6.45) is 3.88. The molecule has 9 heteroatoms. The van der Waals surface area contributed by atoms with Crippen LogP contribution in [-0.2, 0) is 4.79 Å². The van der Waals surface area contributed by atoms with E-state index in [-0.39, 0.29) is 29.1 Å². The zero-order valence-electron chi connectivity index (χ0n) is 16.5. The molecule has 2 fully saturated rings. The molecular formula is C21H21N5O4. The number of hydrogen-bond donors (Lipinski definition) is 2. The summed E-state index contributed by atoms with van der Waals surface area (Å²) in [5, 5.41) is 21.9. The number of carboxylic acids is 1. The number of nitriles is 1. The first-order chi connectivity index (χ1) is 14.5. The molecule has 1 atom stereocenters. The van der Waals surface area contributed by atoms with Gasteiger partial charge in [-0.2, -0.15) is 10.2 Å². The Hall–Kier alpha value is -3.67. The smallest absolute Gasteiger partial charge is 0.339 e. The largest absolute Gasteiger partial charge is 0.493 e. The van der Waals surface area contributed by atoms with E-state index >= 15 is 0 Å². The molecule has 1 aromatic carbocycles. The second-order valence-corrected chi connectivity index (χ2v) is 7.38. The Morgan fingerprint density at radius 2 is 2.23 bits per heavy atom. The van der Waals surface area contributed by atoms with E-state index in [4.69, 9.17) is 4.74 Å². The number of carbonyl (C=O) groups excluding carboxylic acids is 1. The van der Waals surface area contributed by atoms with Crippen LogP contribution in [0.5, 0.6) is 5.75 Å². The highest BCUT2D eigenvalue weighted by molar-refractivity contribution is 6.01. The normalized spacial score (nSPS) is 20.7. The third-order valence-electron chi connectivity index (χ3n) is 5.52. The Morgan fingerprint density at radius 3 is 2.90 bits per heavy atom. The molecule has 30 heavy (non-hydrogen) atoms. The van der Waals surface area contributed by atoms with Gasteiger partial charge in [0, 0.05) is 24.5 Å². The first-order valence-corrected chi connectivity index (χ1v) is 9.82. The van der Waals surface area contributed by atoms with Gasteiger partial charge in [-0.3, -0.25) is 9.69 Å². The first-order valence-electron chi connectivity index (χ1n) is 9.82. The van der Waals surface area contributed by atoms with Gasteiger partial charge >= 0.3 is 5.97 Å². The van der Waals surface area contributed by atoms with Crippen LogP contribution in [0.2, 0.25) is 0 Å². The standard InChI is InChI=1S/C21H21N5O4/c1-2-30-16-11-14(5-6-15(16)18(27)28)24-20-23-9-7-17(25-20)26-10-8-21(12-22,19(26)29)13-3-4-13/h5-7,9,11,13H,2-4,8,10H2,1H3,(H,27,28)(H,23,24,25)/t21-/m1/s1. The molecule has 0 unspecified atom stereocenters. The Bertz CT molecular complexity index is 1050. The molecule has 2 N–H and O–H groups in total. The van der Waals surface area contributed by atoms with Crippen LogP contribution in [0.25, 0.3) is 0 Å². The van der Waals surface area contributed by atoms with E-state index in [0.717, 1.165) is 12.8 Å². The summed E-state index contributed by atoms with van der Waals surface area (Å²) in [5.74, 6) is -0.198. The van der Waals surface area contributed by atoms with Crippen LogP contribution in [0.3, 0.4) is 0 Å². The van der Waals surface area contributed by atoms with Crippen LogP contribution in [0.1, 0.15) is 36.5 Å². The lowest BCUT2D eigenvalue weighted by molar-refractivity contribution is -0.123. The number of aromatic nitrogens is 2. The van der Waals surface area contributed by atoms with Crippen LogP contribution in [-0.4, -0.2) is 40.1 Å². The summed E-state index contributed by atoms with van der Waals surface area (Å²) in [6.45, 7) is 2.55. The highest BCUT2D eigenvalue weighted by Crippen LogP contribution is 2.51. The lowest BCUT2D eigenvalue weighted by Crippen LogP contribution is -2.35. The topological polar surface area (TPSA) is 128 Å². The molecule has 2 aromatic rings. The summed E-state index contributed by atoms with van der Waals surface area (Å²) >= 11 is 0. The van der Waals surface area contributed by atoms with Crippen molar-refractivity contribution in [3.63, 3.8) is 0 Å². The van der Waals surface area contributed by atoms with Gasteiger partial charge in [0.15, 0.2) is 0 Å². The number of rotatable bonds is 7. The molecule has 4 rings (SSSR count). The fourth-order valence-electron chi connectivity index (χ4n) is 3.85. The molecule has 1 saturated carbocycles. The van der Waals surface area contributed by atoms with Crippen molar-refractivity contribution in [2.45, 2.75) is 26.2 Å². The average molecular weight is 407 g/mol. The quantitative estimate of drug-likeness (QED) is 0.717. The fourth-order valence-corrected chi connectivity index (χ4v) is 3.85. The number of ether oxygens (including phenoxy) is 1. The van der Waals surface area contributed by atoms with Gasteiger partial charge in [0.2, 0.25) is 11.9 Å². The Morgan fingerprint density at radius 1 is 1.43 bits per heavy atom. The third-order valence-corrected chi connectivity index (χ3v) is 5.52. The SMILES string of the molecule is CCOc1cc(Nc2nccc(N3CC[C@@](C#N)(C4CC4)C3=O)n2)ccc1C(=O)O. The zero-order valence-corrected chi connectivity index (χ0v) is 16.5. The van der Waals surface area contributed by atoms with E-state index in [1.54, 1.807) is 30.0 Å². The molecule has 0 bridgehead atoms. The van der Waals surface area contributed by atoms with E-state index < -0.39 is 11.4 Å².